The van der Waals surface area contributed by atoms with E-state index in [1.807, 2.05) is 11.0 Å². The quantitative estimate of drug-likeness (QED) is 0.813. The van der Waals surface area contributed by atoms with Crippen molar-refractivity contribution in [1.29, 1.82) is 0 Å². The maximum absolute atomic E-state index is 12.4. The number of likely N-dealkylation sites (tertiary alicyclic amines) is 1. The number of quaternary nitrogens is 1. The van der Waals surface area contributed by atoms with Gasteiger partial charge < -0.3 is 9.80 Å². The van der Waals surface area contributed by atoms with Gasteiger partial charge in [-0.05, 0) is 37.3 Å². The van der Waals surface area contributed by atoms with E-state index in [-0.39, 0.29) is 0 Å². The van der Waals surface area contributed by atoms with Crippen molar-refractivity contribution in [3.63, 3.8) is 0 Å². The smallest absolute Gasteiger partial charge is 0.282 e. The van der Waals surface area contributed by atoms with Crippen LogP contribution in [-0.4, -0.2) is 32.1 Å². The molecule has 0 atom stereocenters. The van der Waals surface area contributed by atoms with Crippen molar-refractivity contribution in [3.8, 4) is 0 Å². The summed E-state index contributed by atoms with van der Waals surface area (Å²) < 4.78 is 0. The van der Waals surface area contributed by atoms with Crippen LogP contribution in [0, 0.1) is 0 Å². The molecule has 1 saturated heterocycles. The van der Waals surface area contributed by atoms with Gasteiger partial charge in [0.15, 0.2) is 6.54 Å². The number of rotatable bonds is 2. The number of benzene rings is 1. The van der Waals surface area contributed by atoms with Gasteiger partial charge in [0, 0.05) is 12.2 Å². The molecule has 2 heterocycles. The summed E-state index contributed by atoms with van der Waals surface area (Å²) in [5.41, 5.74) is 2.46. The van der Waals surface area contributed by atoms with Crippen molar-refractivity contribution in [2.45, 2.75) is 25.7 Å². The number of nitrogens with zero attached hydrogens (tertiary/aromatic N) is 1. The number of carbonyl (C=O) groups excluding carboxylic acids is 1. The second-order valence-electron chi connectivity index (χ2n) is 5.41. The van der Waals surface area contributed by atoms with E-state index in [1.165, 1.54) is 42.8 Å². The fourth-order valence-corrected chi connectivity index (χ4v) is 3.14. The number of hydrogen-bond acceptors (Lipinski definition) is 1. The van der Waals surface area contributed by atoms with Crippen LogP contribution >= 0.6 is 0 Å². The Kier molecular flexibility index (Phi) is 3.33. The van der Waals surface area contributed by atoms with Crippen LogP contribution in [-0.2, 0) is 11.2 Å². The van der Waals surface area contributed by atoms with Crippen LogP contribution in [0.15, 0.2) is 24.3 Å². The maximum atomic E-state index is 12.4. The maximum Gasteiger partial charge on any atom is 0.282 e. The van der Waals surface area contributed by atoms with E-state index in [2.05, 4.69) is 18.2 Å². The molecular formula is C15H21N2O+. The van der Waals surface area contributed by atoms with E-state index >= 15 is 0 Å². The fourth-order valence-electron chi connectivity index (χ4n) is 3.14. The Labute approximate surface area is 108 Å². The average molecular weight is 245 g/mol. The minimum atomic E-state index is 0.303. The van der Waals surface area contributed by atoms with Crippen molar-refractivity contribution in [2.75, 3.05) is 31.1 Å². The second-order valence-corrected chi connectivity index (χ2v) is 5.41. The van der Waals surface area contributed by atoms with Crippen molar-refractivity contribution in [1.82, 2.24) is 0 Å². The zero-order chi connectivity index (χ0) is 12.4. The summed E-state index contributed by atoms with van der Waals surface area (Å²) in [6, 6.07) is 8.29. The summed E-state index contributed by atoms with van der Waals surface area (Å²) in [5, 5.41) is 0. The third-order valence-corrected chi connectivity index (χ3v) is 4.15. The van der Waals surface area contributed by atoms with Crippen LogP contribution in [0.1, 0.15) is 24.8 Å². The molecule has 0 radical (unpaired) electrons. The molecule has 1 N–H and O–H groups in total. The fraction of sp³-hybridized carbons (Fsp3) is 0.533. The molecule has 96 valence electrons. The molecule has 0 bridgehead atoms. The summed E-state index contributed by atoms with van der Waals surface area (Å²) in [6.07, 6.45) is 4.90. The SMILES string of the molecule is O=C(C[NH+]1CCCCC1)N1CCc2ccccc21. The van der Waals surface area contributed by atoms with Crippen LogP contribution in [0.5, 0.6) is 0 Å². The highest BCUT2D eigenvalue weighted by molar-refractivity contribution is 5.96. The van der Waals surface area contributed by atoms with Gasteiger partial charge in [-0.1, -0.05) is 18.2 Å². The van der Waals surface area contributed by atoms with Gasteiger partial charge in [0.1, 0.15) is 0 Å². The number of fused-ring (bicyclic) bond motifs is 1. The summed E-state index contributed by atoms with van der Waals surface area (Å²) >= 11 is 0. The number of carbonyl (C=O) groups is 1. The third-order valence-electron chi connectivity index (χ3n) is 4.15. The van der Waals surface area contributed by atoms with E-state index in [9.17, 15) is 4.79 Å². The van der Waals surface area contributed by atoms with Crippen molar-refractivity contribution < 1.29 is 9.69 Å². The lowest BCUT2D eigenvalue weighted by atomic mass is 10.1. The van der Waals surface area contributed by atoms with E-state index in [4.69, 9.17) is 0 Å². The minimum Gasteiger partial charge on any atom is -0.327 e. The molecule has 1 aromatic carbocycles. The summed E-state index contributed by atoms with van der Waals surface area (Å²) in [4.78, 5) is 15.8. The van der Waals surface area contributed by atoms with Gasteiger partial charge in [-0.25, -0.2) is 0 Å². The molecule has 0 spiro atoms. The number of hydrogen-bond donors (Lipinski definition) is 1. The Morgan fingerprint density at radius 1 is 1.17 bits per heavy atom. The molecule has 3 rings (SSSR count). The summed E-state index contributed by atoms with van der Waals surface area (Å²) in [6.45, 7) is 3.88. The lowest BCUT2D eigenvalue weighted by Crippen LogP contribution is -3.13. The molecule has 3 nitrogen and oxygen atoms in total. The number of nitrogens with one attached hydrogen (secondary N) is 1. The molecule has 18 heavy (non-hydrogen) atoms. The van der Waals surface area contributed by atoms with Gasteiger partial charge in [0.05, 0.1) is 13.1 Å². The predicted octanol–water partition coefficient (Wildman–Crippen LogP) is 0.645. The van der Waals surface area contributed by atoms with Gasteiger partial charge in [0.2, 0.25) is 0 Å². The number of piperidine rings is 1. The van der Waals surface area contributed by atoms with E-state index in [0.29, 0.717) is 12.5 Å². The van der Waals surface area contributed by atoms with E-state index in [1.54, 1.807) is 0 Å². The summed E-state index contributed by atoms with van der Waals surface area (Å²) in [7, 11) is 0. The Balaban J connectivity index is 1.67. The van der Waals surface area contributed by atoms with Gasteiger partial charge in [0.25, 0.3) is 5.91 Å². The van der Waals surface area contributed by atoms with Crippen LogP contribution in [0.25, 0.3) is 0 Å². The lowest BCUT2D eigenvalue weighted by Gasteiger charge is -2.25. The monoisotopic (exact) mass is 245 g/mol. The molecule has 1 amide bonds. The highest BCUT2D eigenvalue weighted by Gasteiger charge is 2.27. The van der Waals surface area contributed by atoms with Crippen LogP contribution in [0.2, 0.25) is 0 Å². The van der Waals surface area contributed by atoms with Crippen molar-refractivity contribution >= 4 is 11.6 Å². The Morgan fingerprint density at radius 2 is 1.94 bits per heavy atom. The molecule has 2 aliphatic heterocycles. The van der Waals surface area contributed by atoms with Crippen molar-refractivity contribution in [3.05, 3.63) is 29.8 Å². The first-order valence-corrected chi connectivity index (χ1v) is 7.06. The Morgan fingerprint density at radius 3 is 2.78 bits per heavy atom. The normalized spacial score (nSPS) is 19.9. The largest absolute Gasteiger partial charge is 0.327 e. The molecule has 1 fully saturated rings. The van der Waals surface area contributed by atoms with Crippen molar-refractivity contribution in [2.24, 2.45) is 0 Å². The van der Waals surface area contributed by atoms with Gasteiger partial charge in [-0.2, -0.15) is 0 Å². The second kappa shape index (κ2) is 5.11. The lowest BCUT2D eigenvalue weighted by molar-refractivity contribution is -0.896. The molecule has 0 saturated carbocycles. The molecule has 0 aliphatic carbocycles. The molecule has 3 heteroatoms. The first-order chi connectivity index (χ1) is 8.84. The molecule has 1 aromatic rings. The Hall–Kier alpha value is -1.35. The average Bonchev–Trinajstić information content (AvgIpc) is 2.84. The zero-order valence-corrected chi connectivity index (χ0v) is 10.8. The van der Waals surface area contributed by atoms with Gasteiger partial charge >= 0.3 is 0 Å². The molecular weight excluding hydrogens is 224 g/mol. The number of anilines is 1. The minimum absolute atomic E-state index is 0.303. The molecule has 0 unspecified atom stereocenters. The third kappa shape index (κ3) is 2.27. The standard InChI is InChI=1S/C15H20N2O/c18-15(12-16-9-4-1-5-10-16)17-11-8-13-6-2-3-7-14(13)17/h2-3,6-7H,1,4-5,8-12H2/p+1. The Bertz CT molecular complexity index is 438. The number of amides is 1. The van der Waals surface area contributed by atoms with Gasteiger partial charge in [-0.3, -0.25) is 4.79 Å². The highest BCUT2D eigenvalue weighted by atomic mass is 16.2. The van der Waals surface area contributed by atoms with Crippen LogP contribution in [0.3, 0.4) is 0 Å². The predicted molar refractivity (Wildman–Crippen MR) is 71.9 cm³/mol. The number of para-hydroxylation sites is 1. The first-order valence-electron chi connectivity index (χ1n) is 7.06. The topological polar surface area (TPSA) is 24.8 Å². The highest BCUT2D eigenvalue weighted by Crippen LogP contribution is 2.26. The zero-order valence-electron chi connectivity index (χ0n) is 10.8. The molecule has 2 aliphatic rings. The summed E-state index contributed by atoms with van der Waals surface area (Å²) in [5.74, 6) is 0.303. The van der Waals surface area contributed by atoms with Gasteiger partial charge in [-0.15, -0.1) is 0 Å². The van der Waals surface area contributed by atoms with Crippen LogP contribution < -0.4 is 9.80 Å². The molecule has 0 aromatic heterocycles. The van der Waals surface area contributed by atoms with E-state index < -0.39 is 0 Å². The van der Waals surface area contributed by atoms with Crippen LogP contribution in [0.4, 0.5) is 5.69 Å². The van der Waals surface area contributed by atoms with E-state index in [0.717, 1.165) is 18.7 Å². The first kappa shape index (κ1) is 11.7.